The summed E-state index contributed by atoms with van der Waals surface area (Å²) in [5, 5.41) is 4.88. The molecule has 6 aliphatic rings. The first kappa shape index (κ1) is 31.8. The van der Waals surface area contributed by atoms with Crippen molar-refractivity contribution in [3.05, 3.63) is 164 Å². The minimum absolute atomic E-state index is 0.0809. The first-order valence-electron chi connectivity index (χ1n) is 21.8. The Kier molecular flexibility index (Phi) is 5.40. The third kappa shape index (κ3) is 3.57. The lowest BCUT2D eigenvalue weighted by Gasteiger charge is -2.41. The van der Waals surface area contributed by atoms with E-state index in [9.17, 15) is 0 Å². The Labute approximate surface area is 360 Å². The predicted molar refractivity (Wildman–Crippen MR) is 255 cm³/mol. The lowest BCUT2D eigenvalue weighted by atomic mass is 9.29. The molecule has 2 aromatic heterocycles. The lowest BCUT2D eigenvalue weighted by Crippen LogP contribution is -2.65. The van der Waals surface area contributed by atoms with Gasteiger partial charge in [0, 0.05) is 56.0 Å². The first-order valence-corrected chi connectivity index (χ1v) is 21.8. The largest absolute Gasteiger partial charge is 0.459 e. The molecular weight excluding hydrogens is 773 g/mol. The maximum atomic E-state index is 7.43. The van der Waals surface area contributed by atoms with Gasteiger partial charge >= 0.3 is 0 Å². The summed E-state index contributed by atoms with van der Waals surface area (Å²) >= 11 is 0. The van der Waals surface area contributed by atoms with Crippen molar-refractivity contribution in [2.45, 2.75) is 0 Å². The summed E-state index contributed by atoms with van der Waals surface area (Å²) in [6, 6.07) is 58.9. The molecule has 0 saturated carbocycles. The van der Waals surface area contributed by atoms with Gasteiger partial charge in [-0.05, 0) is 80.7 Å². The molecule has 286 valence electrons. The average molecular weight is 800 g/mol. The van der Waals surface area contributed by atoms with Gasteiger partial charge in [0.05, 0.1) is 22.1 Å². The molecule has 11 aromatic rings. The van der Waals surface area contributed by atoms with Crippen molar-refractivity contribution in [3.63, 3.8) is 0 Å². The number of hydrogen-bond donors (Lipinski definition) is 0. The van der Waals surface area contributed by atoms with Crippen LogP contribution in [0.4, 0.5) is 0 Å². The smallest absolute Gasteiger partial charge is 0.261 e. The molecule has 6 nitrogen and oxygen atoms in total. The normalized spacial score (nSPS) is 14.4. The van der Waals surface area contributed by atoms with Crippen LogP contribution in [0.15, 0.2) is 164 Å². The maximum Gasteiger partial charge on any atom is 0.261 e. The van der Waals surface area contributed by atoms with Crippen molar-refractivity contribution < 1.29 is 18.9 Å². The SMILES string of the molecule is c1ccc2c(c1)Oc1cc3c(c4c1B2c1ccccc1O4)B1c2c(cc4c5c2Oc2ccccc2B5c2ccccc2O4)-n2c4ccccc4c4cc5c6ccccc6n-3c5c1c42. The van der Waals surface area contributed by atoms with Crippen LogP contribution in [0.25, 0.3) is 55.0 Å². The van der Waals surface area contributed by atoms with Crippen molar-refractivity contribution in [3.8, 4) is 57.4 Å². The van der Waals surface area contributed by atoms with E-state index in [1.807, 2.05) is 0 Å². The van der Waals surface area contributed by atoms with Crippen molar-refractivity contribution in [1.29, 1.82) is 0 Å². The molecule has 0 spiro atoms. The van der Waals surface area contributed by atoms with Gasteiger partial charge in [-0.3, -0.25) is 0 Å². The number of fused-ring (bicyclic) bond motifs is 22. The van der Waals surface area contributed by atoms with E-state index >= 15 is 0 Å². The minimum atomic E-state index is -0.290. The van der Waals surface area contributed by atoms with Crippen LogP contribution in [0.5, 0.6) is 46.0 Å². The zero-order valence-electron chi connectivity index (χ0n) is 33.3. The van der Waals surface area contributed by atoms with E-state index in [0.717, 1.165) is 112 Å². The highest BCUT2D eigenvalue weighted by Crippen LogP contribution is 2.47. The van der Waals surface area contributed by atoms with Crippen LogP contribution < -0.4 is 68.1 Å². The Bertz CT molecular complexity index is 3760. The molecule has 6 aliphatic heterocycles. The van der Waals surface area contributed by atoms with Gasteiger partial charge in [0.1, 0.15) is 46.0 Å². The van der Waals surface area contributed by atoms with Crippen LogP contribution in [-0.4, -0.2) is 29.3 Å². The second-order valence-corrected chi connectivity index (χ2v) is 17.7. The maximum absolute atomic E-state index is 7.43. The number of ether oxygens (including phenoxy) is 4. The molecule has 0 unspecified atom stereocenters. The first-order chi connectivity index (χ1) is 31.3. The molecule has 9 aromatic carbocycles. The Hall–Kier alpha value is -8.03. The Morgan fingerprint density at radius 1 is 0.302 bits per heavy atom. The summed E-state index contributed by atoms with van der Waals surface area (Å²) in [5.74, 6) is 6.84. The van der Waals surface area contributed by atoms with Crippen molar-refractivity contribution in [1.82, 2.24) is 9.13 Å². The summed E-state index contributed by atoms with van der Waals surface area (Å²) < 4.78 is 33.9. The van der Waals surface area contributed by atoms with E-state index in [2.05, 4.69) is 173 Å². The monoisotopic (exact) mass is 800 g/mol. The highest BCUT2D eigenvalue weighted by molar-refractivity contribution is 7.05. The second kappa shape index (κ2) is 10.7. The molecule has 8 heterocycles. The molecule has 9 heteroatoms. The van der Waals surface area contributed by atoms with Crippen molar-refractivity contribution >= 4 is 113 Å². The van der Waals surface area contributed by atoms with E-state index in [0.29, 0.717) is 0 Å². The van der Waals surface area contributed by atoms with Gasteiger partial charge in [0.25, 0.3) is 20.1 Å². The van der Waals surface area contributed by atoms with Crippen molar-refractivity contribution in [2.24, 2.45) is 0 Å². The quantitative estimate of drug-likeness (QED) is 0.165. The van der Waals surface area contributed by atoms with Gasteiger partial charge in [-0.1, -0.05) is 109 Å². The summed E-state index contributed by atoms with van der Waals surface area (Å²) in [4.78, 5) is 0. The molecule has 0 bridgehead atoms. The molecule has 0 amide bonds. The number of aromatic nitrogens is 2. The van der Waals surface area contributed by atoms with E-state index < -0.39 is 0 Å². The fourth-order valence-electron chi connectivity index (χ4n) is 12.6. The number of benzene rings is 9. The predicted octanol–water partition coefficient (Wildman–Crippen LogP) is 6.48. The third-order valence-electron chi connectivity index (χ3n) is 14.9. The Balaban J connectivity index is 1.10. The van der Waals surface area contributed by atoms with E-state index in [1.165, 1.54) is 38.0 Å². The Morgan fingerprint density at radius 2 is 0.683 bits per heavy atom. The zero-order valence-corrected chi connectivity index (χ0v) is 33.3. The van der Waals surface area contributed by atoms with Gasteiger partial charge in [0.15, 0.2) is 0 Å². The summed E-state index contributed by atoms with van der Waals surface area (Å²) in [6.45, 7) is -0.452. The fourth-order valence-corrected chi connectivity index (χ4v) is 12.6. The van der Waals surface area contributed by atoms with Gasteiger partial charge < -0.3 is 28.1 Å². The molecule has 17 rings (SSSR count). The number of nitrogens with zero attached hydrogens (tertiary/aromatic N) is 2. The number of para-hydroxylation sites is 6. The standard InChI is InChI=1S/C54H27B3N2O4/c1-7-19-36-28(13-1)30-25-31-29-14-2-8-20-37(29)59-39-27-45-49-54(63-43-24-12-6-18-35(43)56(49)33-16-4-10-22-41(33)61-45)47(39)57-46-38(58(36)51(30)50(57)52(31)59)26-44-48-53(46)62-42-23-11-5-17-34(42)55(48)32-15-3-9-21-40(32)60-44/h1-27H. The third-order valence-corrected chi connectivity index (χ3v) is 14.9. The molecular formula is C54H27B3N2O4. The minimum Gasteiger partial charge on any atom is -0.459 e. The zero-order chi connectivity index (χ0) is 40.4. The Morgan fingerprint density at radius 3 is 1.13 bits per heavy atom. The highest BCUT2D eigenvalue weighted by Gasteiger charge is 2.52. The molecule has 0 radical (unpaired) electrons. The van der Waals surface area contributed by atoms with Crippen LogP contribution in [0.2, 0.25) is 0 Å². The van der Waals surface area contributed by atoms with Crippen LogP contribution in [0.3, 0.4) is 0 Å². The van der Waals surface area contributed by atoms with Crippen molar-refractivity contribution in [2.75, 3.05) is 0 Å². The highest BCUT2D eigenvalue weighted by atomic mass is 16.5. The number of rotatable bonds is 0. The lowest BCUT2D eigenvalue weighted by molar-refractivity contribution is 0.466. The summed E-state index contributed by atoms with van der Waals surface area (Å²) in [5.41, 5.74) is 17.0. The van der Waals surface area contributed by atoms with E-state index in [4.69, 9.17) is 18.9 Å². The van der Waals surface area contributed by atoms with Gasteiger partial charge in [-0.2, -0.15) is 0 Å². The fraction of sp³-hybridized carbons (Fsp3) is 0. The molecule has 63 heavy (non-hydrogen) atoms. The summed E-state index contributed by atoms with van der Waals surface area (Å²) in [6.07, 6.45) is 0. The molecule has 0 atom stereocenters. The molecule has 0 fully saturated rings. The molecule has 0 N–H and O–H groups in total. The van der Waals surface area contributed by atoms with E-state index in [1.54, 1.807) is 0 Å². The topological polar surface area (TPSA) is 46.8 Å². The van der Waals surface area contributed by atoms with Crippen LogP contribution in [0, 0.1) is 0 Å². The molecule has 0 aliphatic carbocycles. The van der Waals surface area contributed by atoms with E-state index in [-0.39, 0.29) is 20.1 Å². The second-order valence-electron chi connectivity index (χ2n) is 17.7. The van der Waals surface area contributed by atoms with Crippen LogP contribution in [-0.2, 0) is 0 Å². The average Bonchev–Trinajstić information content (AvgIpc) is 3.85. The van der Waals surface area contributed by atoms with Gasteiger partial charge in [0.2, 0.25) is 0 Å². The number of hydrogen-bond acceptors (Lipinski definition) is 4. The molecule has 0 saturated heterocycles. The van der Waals surface area contributed by atoms with Gasteiger partial charge in [-0.25, -0.2) is 0 Å². The van der Waals surface area contributed by atoms with Crippen LogP contribution in [0.1, 0.15) is 0 Å². The van der Waals surface area contributed by atoms with Gasteiger partial charge in [-0.15, -0.1) is 0 Å². The summed E-state index contributed by atoms with van der Waals surface area (Å²) in [7, 11) is 0. The van der Waals surface area contributed by atoms with Crippen LogP contribution >= 0.6 is 0 Å².